The highest BCUT2D eigenvalue weighted by Crippen LogP contribution is 2.32. The SMILES string of the molecule is Cc1ccc(S(=O)(=O)c2nc(-c3ccc(Cl)cc3)oc2NCCCn2ccnc2)cc1. The van der Waals surface area contributed by atoms with Gasteiger partial charge in [-0.25, -0.2) is 13.4 Å². The van der Waals surface area contributed by atoms with Crippen LogP contribution in [0, 0.1) is 6.92 Å². The monoisotopic (exact) mass is 456 g/mol. The number of halogens is 1. The van der Waals surface area contributed by atoms with Gasteiger partial charge in [-0.1, -0.05) is 29.3 Å². The second-order valence-electron chi connectivity index (χ2n) is 7.06. The highest BCUT2D eigenvalue weighted by Gasteiger charge is 2.28. The summed E-state index contributed by atoms with van der Waals surface area (Å²) in [5.41, 5.74) is 1.61. The van der Waals surface area contributed by atoms with Crippen LogP contribution < -0.4 is 5.32 Å². The van der Waals surface area contributed by atoms with Crippen LogP contribution in [0.3, 0.4) is 0 Å². The Bertz CT molecular complexity index is 1250. The van der Waals surface area contributed by atoms with E-state index in [-0.39, 0.29) is 21.7 Å². The minimum Gasteiger partial charge on any atom is -0.419 e. The minimum absolute atomic E-state index is 0.121. The third-order valence-electron chi connectivity index (χ3n) is 4.71. The van der Waals surface area contributed by atoms with Crippen LogP contribution >= 0.6 is 11.6 Å². The van der Waals surface area contributed by atoms with Gasteiger partial charge in [0.05, 0.1) is 11.2 Å². The number of aryl methyl sites for hydroxylation is 2. The average molecular weight is 457 g/mol. The number of nitrogens with zero attached hydrogens (tertiary/aromatic N) is 3. The Morgan fingerprint density at radius 3 is 2.52 bits per heavy atom. The number of hydrogen-bond acceptors (Lipinski definition) is 6. The maximum atomic E-state index is 13.3. The van der Waals surface area contributed by atoms with E-state index in [4.69, 9.17) is 16.0 Å². The van der Waals surface area contributed by atoms with E-state index in [1.54, 1.807) is 61.1 Å². The summed E-state index contributed by atoms with van der Waals surface area (Å²) in [6, 6.07) is 13.5. The van der Waals surface area contributed by atoms with Gasteiger partial charge in [0.1, 0.15) is 0 Å². The van der Waals surface area contributed by atoms with Gasteiger partial charge in [0.2, 0.25) is 26.6 Å². The molecule has 0 saturated heterocycles. The Labute approximate surface area is 185 Å². The lowest BCUT2D eigenvalue weighted by molar-refractivity contribution is 0.571. The summed E-state index contributed by atoms with van der Waals surface area (Å²) in [4.78, 5) is 8.51. The van der Waals surface area contributed by atoms with E-state index in [2.05, 4.69) is 15.3 Å². The second kappa shape index (κ2) is 8.95. The molecule has 2 aromatic carbocycles. The Morgan fingerprint density at radius 1 is 1.10 bits per heavy atom. The largest absolute Gasteiger partial charge is 0.419 e. The van der Waals surface area contributed by atoms with Gasteiger partial charge in [0.15, 0.2) is 0 Å². The first-order valence-corrected chi connectivity index (χ1v) is 11.6. The van der Waals surface area contributed by atoms with Crippen molar-refractivity contribution in [3.05, 3.63) is 77.8 Å². The summed E-state index contributed by atoms with van der Waals surface area (Å²) in [6.45, 7) is 3.15. The maximum Gasteiger partial charge on any atom is 0.233 e. The molecule has 4 aromatic rings. The summed E-state index contributed by atoms with van der Waals surface area (Å²) >= 11 is 5.96. The highest BCUT2D eigenvalue weighted by atomic mass is 35.5. The topological polar surface area (TPSA) is 90.0 Å². The molecule has 0 unspecified atom stereocenters. The van der Waals surface area contributed by atoms with E-state index < -0.39 is 9.84 Å². The molecule has 0 bridgehead atoms. The van der Waals surface area contributed by atoms with Crippen molar-refractivity contribution >= 4 is 27.3 Å². The van der Waals surface area contributed by atoms with Crippen molar-refractivity contribution in [2.75, 3.05) is 11.9 Å². The Kier molecular flexibility index (Phi) is 6.11. The van der Waals surface area contributed by atoms with E-state index in [0.29, 0.717) is 17.1 Å². The van der Waals surface area contributed by atoms with Gasteiger partial charge in [-0.05, 0) is 49.7 Å². The van der Waals surface area contributed by atoms with Crippen LogP contribution in [-0.2, 0) is 16.4 Å². The summed E-state index contributed by atoms with van der Waals surface area (Å²) in [5, 5.41) is 3.53. The van der Waals surface area contributed by atoms with E-state index in [1.165, 1.54) is 0 Å². The molecule has 0 aliphatic rings. The fraction of sp³-hybridized carbons (Fsp3) is 0.182. The van der Waals surface area contributed by atoms with Crippen LogP contribution in [-0.4, -0.2) is 29.5 Å². The van der Waals surface area contributed by atoms with Crippen molar-refractivity contribution in [1.29, 1.82) is 0 Å². The third-order valence-corrected chi connectivity index (χ3v) is 6.64. The van der Waals surface area contributed by atoms with Crippen LogP contribution in [0.2, 0.25) is 5.02 Å². The molecular weight excluding hydrogens is 436 g/mol. The molecule has 0 fully saturated rings. The number of aromatic nitrogens is 3. The predicted octanol–water partition coefficient (Wildman–Crippen LogP) is 4.83. The van der Waals surface area contributed by atoms with Gasteiger partial charge >= 0.3 is 0 Å². The summed E-state index contributed by atoms with van der Waals surface area (Å²) in [5.74, 6) is 0.329. The molecular formula is C22H21ClN4O3S. The molecule has 2 heterocycles. The van der Waals surface area contributed by atoms with E-state index in [9.17, 15) is 8.42 Å². The molecule has 31 heavy (non-hydrogen) atoms. The number of hydrogen-bond donors (Lipinski definition) is 1. The van der Waals surface area contributed by atoms with Crippen molar-refractivity contribution in [1.82, 2.24) is 14.5 Å². The summed E-state index contributed by atoms with van der Waals surface area (Å²) in [6.07, 6.45) is 6.08. The summed E-state index contributed by atoms with van der Waals surface area (Å²) in [7, 11) is -3.87. The Hall–Kier alpha value is -3.10. The molecule has 160 valence electrons. The molecule has 0 radical (unpaired) electrons. The first-order chi connectivity index (χ1) is 14.9. The molecule has 1 N–H and O–H groups in total. The second-order valence-corrected chi connectivity index (χ2v) is 9.36. The smallest absolute Gasteiger partial charge is 0.233 e. The van der Waals surface area contributed by atoms with Crippen LogP contribution in [0.1, 0.15) is 12.0 Å². The van der Waals surface area contributed by atoms with Gasteiger partial charge < -0.3 is 14.3 Å². The van der Waals surface area contributed by atoms with Crippen molar-refractivity contribution in [2.24, 2.45) is 0 Å². The Balaban J connectivity index is 1.64. The maximum absolute atomic E-state index is 13.3. The molecule has 2 aromatic heterocycles. The van der Waals surface area contributed by atoms with Crippen LogP contribution in [0.25, 0.3) is 11.5 Å². The lowest BCUT2D eigenvalue weighted by Crippen LogP contribution is -2.10. The first kappa shape index (κ1) is 21.1. The number of sulfone groups is 1. The number of oxazole rings is 1. The first-order valence-electron chi connectivity index (χ1n) is 9.71. The van der Waals surface area contributed by atoms with Crippen molar-refractivity contribution in [3.63, 3.8) is 0 Å². The fourth-order valence-corrected chi connectivity index (χ4v) is 4.43. The standard InChI is InChI=1S/C22H21ClN4O3S/c1-16-3-9-19(10-4-16)31(28,29)22-21(25-11-2-13-27-14-12-24-15-27)30-20(26-22)17-5-7-18(23)8-6-17/h3-10,12,14-15,25H,2,11,13H2,1H3. The predicted molar refractivity (Wildman–Crippen MR) is 119 cm³/mol. The van der Waals surface area contributed by atoms with Gasteiger partial charge in [-0.15, -0.1) is 0 Å². The number of benzene rings is 2. The van der Waals surface area contributed by atoms with E-state index in [0.717, 1.165) is 18.5 Å². The van der Waals surface area contributed by atoms with Crippen molar-refractivity contribution in [2.45, 2.75) is 29.8 Å². The average Bonchev–Trinajstić information content (AvgIpc) is 3.42. The van der Waals surface area contributed by atoms with Crippen LogP contribution in [0.15, 0.2) is 81.6 Å². The number of imidazole rings is 1. The van der Waals surface area contributed by atoms with E-state index in [1.807, 2.05) is 17.7 Å². The molecule has 0 aliphatic heterocycles. The molecule has 0 saturated carbocycles. The highest BCUT2D eigenvalue weighted by molar-refractivity contribution is 7.91. The van der Waals surface area contributed by atoms with Gasteiger partial charge in [-0.3, -0.25) is 0 Å². The van der Waals surface area contributed by atoms with E-state index >= 15 is 0 Å². The van der Waals surface area contributed by atoms with Crippen molar-refractivity contribution in [3.8, 4) is 11.5 Å². The molecule has 7 nitrogen and oxygen atoms in total. The van der Waals surface area contributed by atoms with Crippen LogP contribution in [0.4, 0.5) is 5.88 Å². The zero-order chi connectivity index (χ0) is 21.8. The normalized spacial score (nSPS) is 11.5. The number of nitrogens with one attached hydrogen (secondary N) is 1. The molecule has 0 amide bonds. The number of rotatable bonds is 8. The lowest BCUT2D eigenvalue weighted by atomic mass is 10.2. The fourth-order valence-electron chi connectivity index (χ4n) is 3.03. The lowest BCUT2D eigenvalue weighted by Gasteiger charge is -2.07. The third kappa shape index (κ3) is 4.81. The molecule has 0 atom stereocenters. The van der Waals surface area contributed by atoms with Gasteiger partial charge in [0.25, 0.3) is 0 Å². The Morgan fingerprint density at radius 2 is 1.84 bits per heavy atom. The van der Waals surface area contributed by atoms with Gasteiger partial charge in [0, 0.05) is 36.1 Å². The van der Waals surface area contributed by atoms with Crippen molar-refractivity contribution < 1.29 is 12.8 Å². The zero-order valence-electron chi connectivity index (χ0n) is 16.8. The number of anilines is 1. The molecule has 4 rings (SSSR count). The zero-order valence-corrected chi connectivity index (χ0v) is 18.4. The van der Waals surface area contributed by atoms with Gasteiger partial charge in [-0.2, -0.15) is 4.98 Å². The van der Waals surface area contributed by atoms with Crippen LogP contribution in [0.5, 0.6) is 0 Å². The molecule has 0 aliphatic carbocycles. The molecule has 9 heteroatoms. The summed E-state index contributed by atoms with van der Waals surface area (Å²) < 4.78 is 34.4. The molecule has 0 spiro atoms. The quantitative estimate of drug-likeness (QED) is 0.382. The minimum atomic E-state index is -3.87.